The van der Waals surface area contributed by atoms with Crippen LogP contribution in [0, 0.1) is 0 Å². The van der Waals surface area contributed by atoms with Crippen LogP contribution in [-0.2, 0) is 4.79 Å². The molecule has 0 aromatic heterocycles. The SMILES string of the molecule is CSCC(=O)Nc1cccc(NC2CCCC2)c1. The number of thioether (sulfide) groups is 1. The molecule has 3 nitrogen and oxygen atoms in total. The van der Waals surface area contributed by atoms with Gasteiger partial charge in [-0.15, -0.1) is 0 Å². The van der Waals surface area contributed by atoms with Gasteiger partial charge in [0.1, 0.15) is 0 Å². The highest BCUT2D eigenvalue weighted by molar-refractivity contribution is 7.99. The Kier molecular flexibility index (Phi) is 4.93. The fraction of sp³-hybridized carbons (Fsp3) is 0.500. The smallest absolute Gasteiger partial charge is 0.234 e. The summed E-state index contributed by atoms with van der Waals surface area (Å²) in [5.74, 6) is 0.556. The monoisotopic (exact) mass is 264 g/mol. The molecule has 0 saturated heterocycles. The van der Waals surface area contributed by atoms with Gasteiger partial charge in [0.05, 0.1) is 5.75 Å². The molecular formula is C14H20N2OS. The highest BCUT2D eigenvalue weighted by Crippen LogP contribution is 2.23. The van der Waals surface area contributed by atoms with Crippen LogP contribution in [0.1, 0.15) is 25.7 Å². The van der Waals surface area contributed by atoms with E-state index >= 15 is 0 Å². The summed E-state index contributed by atoms with van der Waals surface area (Å²) in [6.45, 7) is 0. The molecule has 1 saturated carbocycles. The fourth-order valence-electron chi connectivity index (χ4n) is 2.32. The minimum absolute atomic E-state index is 0.0560. The minimum Gasteiger partial charge on any atom is -0.382 e. The lowest BCUT2D eigenvalue weighted by atomic mass is 10.2. The second-order valence-corrected chi connectivity index (χ2v) is 5.55. The van der Waals surface area contributed by atoms with Gasteiger partial charge in [0, 0.05) is 17.4 Å². The third-order valence-electron chi connectivity index (χ3n) is 3.15. The van der Waals surface area contributed by atoms with E-state index in [4.69, 9.17) is 0 Å². The number of nitrogens with one attached hydrogen (secondary N) is 2. The van der Waals surface area contributed by atoms with Crippen molar-refractivity contribution in [3.8, 4) is 0 Å². The molecular weight excluding hydrogens is 244 g/mol. The fourth-order valence-corrected chi connectivity index (χ4v) is 2.66. The summed E-state index contributed by atoms with van der Waals surface area (Å²) < 4.78 is 0. The Balaban J connectivity index is 1.93. The van der Waals surface area contributed by atoms with Crippen LogP contribution < -0.4 is 10.6 Å². The Bertz CT molecular complexity index is 403. The zero-order valence-electron chi connectivity index (χ0n) is 10.7. The summed E-state index contributed by atoms with van der Waals surface area (Å²) in [6, 6.07) is 8.57. The van der Waals surface area contributed by atoms with E-state index < -0.39 is 0 Å². The molecule has 0 radical (unpaired) electrons. The van der Waals surface area contributed by atoms with Crippen LogP contribution in [0.4, 0.5) is 11.4 Å². The summed E-state index contributed by atoms with van der Waals surface area (Å²) in [6.07, 6.45) is 7.08. The first-order valence-electron chi connectivity index (χ1n) is 6.43. The predicted octanol–water partition coefficient (Wildman–Crippen LogP) is 3.34. The Morgan fingerprint density at radius 3 is 2.78 bits per heavy atom. The van der Waals surface area contributed by atoms with E-state index in [0.29, 0.717) is 11.8 Å². The summed E-state index contributed by atoms with van der Waals surface area (Å²) in [5.41, 5.74) is 1.97. The number of rotatable bonds is 5. The highest BCUT2D eigenvalue weighted by Gasteiger charge is 2.14. The first-order valence-corrected chi connectivity index (χ1v) is 7.82. The lowest BCUT2D eigenvalue weighted by Crippen LogP contribution is -2.16. The van der Waals surface area contributed by atoms with E-state index in [1.165, 1.54) is 37.4 Å². The number of amides is 1. The Morgan fingerprint density at radius 1 is 1.33 bits per heavy atom. The maximum Gasteiger partial charge on any atom is 0.234 e. The van der Waals surface area contributed by atoms with Gasteiger partial charge in [0.15, 0.2) is 0 Å². The molecule has 0 spiro atoms. The van der Waals surface area contributed by atoms with Gasteiger partial charge in [-0.2, -0.15) is 11.8 Å². The van der Waals surface area contributed by atoms with Gasteiger partial charge in [-0.1, -0.05) is 18.9 Å². The van der Waals surface area contributed by atoms with Gasteiger partial charge in [-0.05, 0) is 37.3 Å². The van der Waals surface area contributed by atoms with Crippen LogP contribution in [0.25, 0.3) is 0 Å². The molecule has 0 atom stereocenters. The van der Waals surface area contributed by atoms with Crippen LogP contribution >= 0.6 is 11.8 Å². The minimum atomic E-state index is 0.0560. The molecule has 1 aliphatic carbocycles. The standard InChI is InChI=1S/C14H20N2OS/c1-18-10-14(17)16-13-8-4-7-12(9-13)15-11-5-2-3-6-11/h4,7-9,11,15H,2-3,5-6,10H2,1H3,(H,16,17). The van der Waals surface area contributed by atoms with Crippen molar-refractivity contribution in [1.29, 1.82) is 0 Å². The van der Waals surface area contributed by atoms with Crippen molar-refractivity contribution in [2.45, 2.75) is 31.7 Å². The van der Waals surface area contributed by atoms with E-state index in [2.05, 4.69) is 16.7 Å². The van der Waals surface area contributed by atoms with Gasteiger partial charge in [0.25, 0.3) is 0 Å². The maximum atomic E-state index is 11.5. The quantitative estimate of drug-likeness (QED) is 0.857. The largest absolute Gasteiger partial charge is 0.382 e. The number of hydrogen-bond donors (Lipinski definition) is 2. The topological polar surface area (TPSA) is 41.1 Å². The van der Waals surface area contributed by atoms with Crippen LogP contribution in [0.15, 0.2) is 24.3 Å². The first-order chi connectivity index (χ1) is 8.78. The molecule has 2 rings (SSSR count). The molecule has 2 N–H and O–H groups in total. The van der Waals surface area contributed by atoms with Crippen LogP contribution in [-0.4, -0.2) is 24.0 Å². The lowest BCUT2D eigenvalue weighted by molar-refractivity contribution is -0.113. The van der Waals surface area contributed by atoms with Crippen molar-refractivity contribution < 1.29 is 4.79 Å². The summed E-state index contributed by atoms with van der Waals surface area (Å²) in [7, 11) is 0. The van der Waals surface area contributed by atoms with Crippen molar-refractivity contribution >= 4 is 29.0 Å². The highest BCUT2D eigenvalue weighted by atomic mass is 32.2. The first kappa shape index (κ1) is 13.3. The average Bonchev–Trinajstić information content (AvgIpc) is 2.82. The molecule has 0 heterocycles. The molecule has 1 aromatic carbocycles. The van der Waals surface area contributed by atoms with Crippen molar-refractivity contribution in [3.63, 3.8) is 0 Å². The Labute approximate surface area is 113 Å². The zero-order chi connectivity index (χ0) is 12.8. The van der Waals surface area contributed by atoms with Gasteiger partial charge in [-0.25, -0.2) is 0 Å². The van der Waals surface area contributed by atoms with Crippen LogP contribution in [0.2, 0.25) is 0 Å². The molecule has 4 heteroatoms. The van der Waals surface area contributed by atoms with Gasteiger partial charge >= 0.3 is 0 Å². The summed E-state index contributed by atoms with van der Waals surface area (Å²) >= 11 is 1.53. The molecule has 0 aliphatic heterocycles. The molecule has 1 aliphatic rings. The van der Waals surface area contributed by atoms with Crippen molar-refractivity contribution in [2.24, 2.45) is 0 Å². The van der Waals surface area contributed by atoms with Gasteiger partial charge in [-0.3, -0.25) is 4.79 Å². The predicted molar refractivity (Wildman–Crippen MR) is 79.3 cm³/mol. The molecule has 1 aromatic rings. The molecule has 1 fully saturated rings. The third kappa shape index (κ3) is 3.95. The second-order valence-electron chi connectivity index (χ2n) is 4.69. The molecule has 98 valence electrons. The molecule has 0 bridgehead atoms. The van der Waals surface area contributed by atoms with E-state index in [1.807, 2.05) is 24.5 Å². The van der Waals surface area contributed by atoms with Crippen molar-refractivity contribution in [3.05, 3.63) is 24.3 Å². The normalized spacial score (nSPS) is 15.6. The Morgan fingerprint density at radius 2 is 2.06 bits per heavy atom. The van der Waals surface area contributed by atoms with E-state index in [1.54, 1.807) is 0 Å². The second kappa shape index (κ2) is 6.69. The van der Waals surface area contributed by atoms with Crippen molar-refractivity contribution in [2.75, 3.05) is 22.6 Å². The number of carbonyl (C=O) groups excluding carboxylic acids is 1. The maximum absolute atomic E-state index is 11.5. The Hall–Kier alpha value is -1.16. The molecule has 18 heavy (non-hydrogen) atoms. The molecule has 0 unspecified atom stereocenters. The average molecular weight is 264 g/mol. The lowest BCUT2D eigenvalue weighted by Gasteiger charge is -2.14. The van der Waals surface area contributed by atoms with Gasteiger partial charge in [0.2, 0.25) is 5.91 Å². The van der Waals surface area contributed by atoms with Crippen LogP contribution in [0.5, 0.6) is 0 Å². The number of carbonyl (C=O) groups is 1. The summed E-state index contributed by atoms with van der Waals surface area (Å²) in [5, 5.41) is 6.44. The zero-order valence-corrected chi connectivity index (χ0v) is 11.6. The third-order valence-corrected chi connectivity index (χ3v) is 3.70. The van der Waals surface area contributed by atoms with Crippen LogP contribution in [0.3, 0.4) is 0 Å². The number of hydrogen-bond acceptors (Lipinski definition) is 3. The van der Waals surface area contributed by atoms with E-state index in [-0.39, 0.29) is 5.91 Å². The summed E-state index contributed by atoms with van der Waals surface area (Å²) in [4.78, 5) is 11.5. The van der Waals surface area contributed by atoms with Crippen molar-refractivity contribution in [1.82, 2.24) is 0 Å². The van der Waals surface area contributed by atoms with E-state index in [9.17, 15) is 4.79 Å². The van der Waals surface area contributed by atoms with E-state index in [0.717, 1.165) is 11.4 Å². The number of benzene rings is 1. The number of anilines is 2. The molecule has 1 amide bonds. The van der Waals surface area contributed by atoms with Gasteiger partial charge < -0.3 is 10.6 Å².